The topological polar surface area (TPSA) is 29.5 Å². The molecule has 0 amide bonds. The molecule has 0 fully saturated rings. The van der Waals surface area contributed by atoms with Gasteiger partial charge in [0.25, 0.3) is 0 Å². The molecule has 0 bridgehead atoms. The third-order valence-electron chi connectivity index (χ3n) is 3.16. The van der Waals surface area contributed by atoms with E-state index in [1.165, 1.54) is 19.1 Å². The van der Waals surface area contributed by atoms with Crippen molar-refractivity contribution in [3.63, 3.8) is 0 Å². The predicted molar refractivity (Wildman–Crippen MR) is 77.5 cm³/mol. The summed E-state index contributed by atoms with van der Waals surface area (Å²) in [5.41, 5.74) is 1.92. The van der Waals surface area contributed by atoms with E-state index < -0.39 is 5.82 Å². The van der Waals surface area contributed by atoms with E-state index in [4.69, 9.17) is 4.74 Å². The van der Waals surface area contributed by atoms with Crippen LogP contribution in [0, 0.1) is 5.82 Å². The van der Waals surface area contributed by atoms with Crippen molar-refractivity contribution in [3.8, 4) is 5.75 Å². The van der Waals surface area contributed by atoms with Gasteiger partial charge < -0.3 is 9.64 Å². The van der Waals surface area contributed by atoms with Crippen molar-refractivity contribution in [3.05, 3.63) is 53.8 Å². The third-order valence-corrected chi connectivity index (χ3v) is 3.16. The van der Waals surface area contributed by atoms with Gasteiger partial charge in [0.2, 0.25) is 0 Å². The maximum Gasteiger partial charge on any atom is 0.162 e. The molecule has 104 valence electrons. The number of nitrogens with zero attached hydrogens (tertiary/aromatic N) is 1. The number of carbonyl (C=O) groups excluding carboxylic acids is 1. The maximum atomic E-state index is 13.3. The summed E-state index contributed by atoms with van der Waals surface area (Å²) in [6.45, 7) is 1.43. The number of ether oxygens (including phenoxy) is 1. The number of benzene rings is 2. The van der Waals surface area contributed by atoms with E-state index in [9.17, 15) is 9.18 Å². The fourth-order valence-corrected chi connectivity index (χ4v) is 2.03. The number of methoxy groups -OCH3 is 1. The summed E-state index contributed by atoms with van der Waals surface area (Å²) in [6.07, 6.45) is 0. The molecule has 0 radical (unpaired) electrons. The van der Waals surface area contributed by atoms with E-state index in [1.807, 2.05) is 36.2 Å². The maximum absolute atomic E-state index is 13.3. The zero-order valence-electron chi connectivity index (χ0n) is 11.7. The van der Waals surface area contributed by atoms with E-state index in [1.54, 1.807) is 13.2 Å². The van der Waals surface area contributed by atoms with E-state index in [0.29, 0.717) is 11.3 Å². The Bertz CT molecular complexity index is 623. The number of hydrogen-bond donors (Lipinski definition) is 0. The summed E-state index contributed by atoms with van der Waals surface area (Å²) < 4.78 is 18.4. The molecule has 0 unspecified atom stereocenters. The first-order chi connectivity index (χ1) is 9.52. The van der Waals surface area contributed by atoms with Crippen LogP contribution in [-0.2, 0) is 0 Å². The predicted octanol–water partition coefficient (Wildman–Crippen LogP) is 3.80. The first-order valence-electron chi connectivity index (χ1n) is 6.21. The Hall–Kier alpha value is -2.36. The summed E-state index contributed by atoms with van der Waals surface area (Å²) in [7, 11) is 3.44. The Morgan fingerprint density at radius 1 is 1.15 bits per heavy atom. The van der Waals surface area contributed by atoms with Crippen LogP contribution in [0.15, 0.2) is 42.5 Å². The van der Waals surface area contributed by atoms with Gasteiger partial charge in [0, 0.05) is 18.3 Å². The third kappa shape index (κ3) is 2.79. The van der Waals surface area contributed by atoms with Crippen molar-refractivity contribution in [2.45, 2.75) is 6.92 Å². The van der Waals surface area contributed by atoms with Gasteiger partial charge >= 0.3 is 0 Å². The Labute approximate surface area is 117 Å². The number of halogens is 1. The summed E-state index contributed by atoms with van der Waals surface area (Å²) in [4.78, 5) is 13.5. The van der Waals surface area contributed by atoms with Crippen LogP contribution in [-0.4, -0.2) is 19.9 Å². The van der Waals surface area contributed by atoms with Gasteiger partial charge in [0.05, 0.1) is 12.8 Å². The molecule has 2 aromatic carbocycles. The zero-order valence-corrected chi connectivity index (χ0v) is 11.7. The lowest BCUT2D eigenvalue weighted by Gasteiger charge is -2.22. The fraction of sp³-hybridized carbons (Fsp3) is 0.188. The van der Waals surface area contributed by atoms with Crippen LogP contribution >= 0.6 is 0 Å². The Morgan fingerprint density at radius 2 is 1.80 bits per heavy atom. The lowest BCUT2D eigenvalue weighted by Crippen LogP contribution is -2.13. The van der Waals surface area contributed by atoms with Crippen LogP contribution in [0.2, 0.25) is 0 Å². The summed E-state index contributed by atoms with van der Waals surface area (Å²) >= 11 is 0. The van der Waals surface area contributed by atoms with Crippen LogP contribution < -0.4 is 9.64 Å². The smallest absolute Gasteiger partial charge is 0.162 e. The van der Waals surface area contributed by atoms with Gasteiger partial charge in [-0.25, -0.2) is 4.39 Å². The van der Waals surface area contributed by atoms with Crippen molar-refractivity contribution < 1.29 is 13.9 Å². The summed E-state index contributed by atoms with van der Waals surface area (Å²) in [5, 5.41) is 0. The SMILES string of the molecule is COc1ccc(N(C)c2ccc(F)cc2C(C)=O)cc1. The molecule has 2 aromatic rings. The Balaban J connectivity index is 2.41. The van der Waals surface area contributed by atoms with Crippen molar-refractivity contribution >= 4 is 17.2 Å². The molecule has 0 aliphatic carbocycles. The fourth-order valence-electron chi connectivity index (χ4n) is 2.03. The summed E-state index contributed by atoms with van der Waals surface area (Å²) in [6, 6.07) is 11.7. The zero-order chi connectivity index (χ0) is 14.7. The van der Waals surface area contributed by atoms with Crippen molar-refractivity contribution in [2.24, 2.45) is 0 Å². The second-order valence-corrected chi connectivity index (χ2v) is 4.47. The largest absolute Gasteiger partial charge is 0.497 e. The molecule has 0 aliphatic heterocycles. The normalized spacial score (nSPS) is 10.2. The molecule has 2 rings (SSSR count). The molecule has 20 heavy (non-hydrogen) atoms. The second-order valence-electron chi connectivity index (χ2n) is 4.47. The molecule has 0 saturated carbocycles. The number of carbonyl (C=O) groups is 1. The van der Waals surface area contributed by atoms with Crippen molar-refractivity contribution in [2.75, 3.05) is 19.1 Å². The average Bonchev–Trinajstić information content (AvgIpc) is 2.46. The first-order valence-corrected chi connectivity index (χ1v) is 6.21. The lowest BCUT2D eigenvalue weighted by atomic mass is 10.1. The number of anilines is 2. The molecule has 0 heterocycles. The van der Waals surface area contributed by atoms with Gasteiger partial charge in [-0.1, -0.05) is 0 Å². The average molecular weight is 273 g/mol. The Morgan fingerprint density at radius 3 is 2.35 bits per heavy atom. The molecule has 0 aliphatic rings. The van der Waals surface area contributed by atoms with Crippen LogP contribution in [0.4, 0.5) is 15.8 Å². The minimum absolute atomic E-state index is 0.167. The molecule has 0 aromatic heterocycles. The minimum atomic E-state index is -0.415. The first kappa shape index (κ1) is 14.1. The molecular weight excluding hydrogens is 257 g/mol. The van der Waals surface area contributed by atoms with Crippen molar-refractivity contribution in [1.82, 2.24) is 0 Å². The molecular formula is C16H16FNO2. The van der Waals surface area contributed by atoms with Crippen LogP contribution in [0.1, 0.15) is 17.3 Å². The van der Waals surface area contributed by atoms with Crippen LogP contribution in [0.3, 0.4) is 0 Å². The van der Waals surface area contributed by atoms with Crippen LogP contribution in [0.5, 0.6) is 5.75 Å². The van der Waals surface area contributed by atoms with Gasteiger partial charge in [-0.2, -0.15) is 0 Å². The highest BCUT2D eigenvalue weighted by Crippen LogP contribution is 2.29. The Kier molecular flexibility index (Phi) is 4.03. The van der Waals surface area contributed by atoms with Crippen molar-refractivity contribution in [1.29, 1.82) is 0 Å². The quantitative estimate of drug-likeness (QED) is 0.793. The van der Waals surface area contributed by atoms with Gasteiger partial charge in [-0.15, -0.1) is 0 Å². The minimum Gasteiger partial charge on any atom is -0.497 e. The van der Waals surface area contributed by atoms with Gasteiger partial charge in [0.1, 0.15) is 11.6 Å². The second kappa shape index (κ2) is 5.74. The highest BCUT2D eigenvalue weighted by atomic mass is 19.1. The standard InChI is InChI=1S/C16H16FNO2/c1-11(19)15-10-12(17)4-9-16(15)18(2)13-5-7-14(20-3)8-6-13/h4-10H,1-3H3. The number of ketones is 1. The van der Waals surface area contributed by atoms with E-state index in [2.05, 4.69) is 0 Å². The van der Waals surface area contributed by atoms with Gasteiger partial charge in [-0.05, 0) is 49.4 Å². The molecule has 3 nitrogen and oxygen atoms in total. The molecule has 4 heteroatoms. The highest BCUT2D eigenvalue weighted by Gasteiger charge is 2.13. The van der Waals surface area contributed by atoms with Gasteiger partial charge in [0.15, 0.2) is 5.78 Å². The van der Waals surface area contributed by atoms with E-state index >= 15 is 0 Å². The number of hydrogen-bond acceptors (Lipinski definition) is 3. The van der Waals surface area contributed by atoms with Crippen LogP contribution in [0.25, 0.3) is 0 Å². The summed E-state index contributed by atoms with van der Waals surface area (Å²) in [5.74, 6) is 0.176. The molecule has 0 spiro atoms. The van der Waals surface area contributed by atoms with E-state index in [0.717, 1.165) is 11.4 Å². The number of Topliss-reactive ketones (excluding diaryl/α,β-unsaturated/α-hetero) is 1. The molecule has 0 saturated heterocycles. The van der Waals surface area contributed by atoms with E-state index in [-0.39, 0.29) is 5.78 Å². The molecule has 0 atom stereocenters. The lowest BCUT2D eigenvalue weighted by molar-refractivity contribution is 0.101. The molecule has 0 N–H and O–H groups in total. The highest BCUT2D eigenvalue weighted by molar-refractivity contribution is 6.00. The van der Waals surface area contributed by atoms with Gasteiger partial charge in [-0.3, -0.25) is 4.79 Å². The monoisotopic (exact) mass is 273 g/mol. The number of rotatable bonds is 4.